The molecule has 0 bridgehead atoms. The highest BCUT2D eigenvalue weighted by atomic mass is 16.3. The van der Waals surface area contributed by atoms with E-state index in [0.29, 0.717) is 17.1 Å². The molecule has 29 heavy (non-hydrogen) atoms. The van der Waals surface area contributed by atoms with Gasteiger partial charge in [-0.05, 0) is 6.92 Å². The van der Waals surface area contributed by atoms with Crippen molar-refractivity contribution in [1.82, 2.24) is 29.7 Å². The number of anilines is 3. The number of aliphatic hydroxyl groups excluding tert-OH is 1. The van der Waals surface area contributed by atoms with Crippen LogP contribution in [0.1, 0.15) is 6.92 Å². The number of nitrogens with two attached hydrogens (primary N) is 2. The van der Waals surface area contributed by atoms with Crippen molar-refractivity contribution in [2.75, 3.05) is 56.1 Å². The Morgan fingerprint density at radius 1 is 0.931 bits per heavy atom. The fourth-order valence-electron chi connectivity index (χ4n) is 2.94. The van der Waals surface area contributed by atoms with Crippen LogP contribution < -0.4 is 16.8 Å². The SMILES string of the molecule is CC(O)Nc1nc(N)nc(N)n1.O=C1C=C(N2CC2)C(=O)C(N2CC2)=C1N1CC1. The van der Waals surface area contributed by atoms with Crippen LogP contribution in [0.15, 0.2) is 23.2 Å². The Kier molecular flexibility index (Phi) is 4.70. The third kappa shape index (κ3) is 4.37. The summed E-state index contributed by atoms with van der Waals surface area (Å²) in [6.45, 7) is 6.93. The van der Waals surface area contributed by atoms with Crippen LogP contribution in [0, 0.1) is 0 Å². The van der Waals surface area contributed by atoms with Gasteiger partial charge in [-0.3, -0.25) is 9.59 Å². The fraction of sp³-hybridized carbons (Fsp3) is 0.471. The van der Waals surface area contributed by atoms with Gasteiger partial charge in [-0.2, -0.15) is 15.0 Å². The number of ketones is 2. The summed E-state index contributed by atoms with van der Waals surface area (Å²) >= 11 is 0. The summed E-state index contributed by atoms with van der Waals surface area (Å²) in [6, 6.07) is 0. The molecule has 1 unspecified atom stereocenters. The zero-order valence-corrected chi connectivity index (χ0v) is 16.0. The first-order valence-electron chi connectivity index (χ1n) is 9.35. The highest BCUT2D eigenvalue weighted by Crippen LogP contribution is 2.33. The van der Waals surface area contributed by atoms with Crippen molar-refractivity contribution in [1.29, 1.82) is 0 Å². The van der Waals surface area contributed by atoms with Gasteiger partial charge in [-0.15, -0.1) is 0 Å². The molecule has 3 saturated heterocycles. The van der Waals surface area contributed by atoms with E-state index in [1.165, 1.54) is 13.0 Å². The quantitative estimate of drug-likeness (QED) is 0.243. The lowest BCUT2D eigenvalue weighted by atomic mass is 10.0. The maximum atomic E-state index is 12.4. The summed E-state index contributed by atoms with van der Waals surface area (Å²) in [4.78, 5) is 41.4. The Hall–Kier alpha value is -3.41. The van der Waals surface area contributed by atoms with E-state index < -0.39 is 6.23 Å². The number of nitrogens with zero attached hydrogens (tertiary/aromatic N) is 6. The smallest absolute Gasteiger partial charge is 0.231 e. The third-order valence-electron chi connectivity index (χ3n) is 4.50. The van der Waals surface area contributed by atoms with Crippen molar-refractivity contribution < 1.29 is 14.7 Å². The molecule has 1 aliphatic carbocycles. The number of hydrogen-bond acceptors (Lipinski definition) is 12. The minimum Gasteiger partial charge on any atom is -0.374 e. The molecule has 0 aromatic carbocycles. The molecular formula is C17H23N9O3. The fourth-order valence-corrected chi connectivity index (χ4v) is 2.94. The Bertz CT molecular complexity index is 894. The van der Waals surface area contributed by atoms with Crippen molar-refractivity contribution >= 4 is 29.4 Å². The Labute approximate surface area is 166 Å². The molecule has 4 aliphatic rings. The molecule has 6 N–H and O–H groups in total. The molecule has 12 heteroatoms. The second-order valence-electron chi connectivity index (χ2n) is 7.08. The monoisotopic (exact) mass is 401 g/mol. The number of carbonyl (C=O) groups is 2. The normalized spacial score (nSPS) is 20.8. The molecule has 3 aliphatic heterocycles. The zero-order valence-electron chi connectivity index (χ0n) is 16.0. The largest absolute Gasteiger partial charge is 0.374 e. The molecule has 0 saturated carbocycles. The predicted molar refractivity (Wildman–Crippen MR) is 104 cm³/mol. The van der Waals surface area contributed by atoms with Crippen molar-refractivity contribution in [2.45, 2.75) is 13.2 Å². The summed E-state index contributed by atoms with van der Waals surface area (Å²) in [6.07, 6.45) is 0.766. The van der Waals surface area contributed by atoms with Crippen LogP contribution in [0.2, 0.25) is 0 Å². The number of rotatable bonds is 5. The first-order chi connectivity index (χ1) is 13.8. The van der Waals surface area contributed by atoms with E-state index in [1.807, 2.05) is 14.7 Å². The van der Waals surface area contributed by atoms with Crippen LogP contribution in [-0.2, 0) is 9.59 Å². The Morgan fingerprint density at radius 3 is 1.93 bits per heavy atom. The Morgan fingerprint density at radius 2 is 1.45 bits per heavy atom. The third-order valence-corrected chi connectivity index (χ3v) is 4.50. The second kappa shape index (κ2) is 7.20. The van der Waals surface area contributed by atoms with Gasteiger partial charge in [0.25, 0.3) is 0 Å². The van der Waals surface area contributed by atoms with Gasteiger partial charge in [0.1, 0.15) is 17.6 Å². The number of aromatic nitrogens is 3. The summed E-state index contributed by atoms with van der Waals surface area (Å²) in [5.41, 5.74) is 12.4. The maximum absolute atomic E-state index is 12.4. The molecular weight excluding hydrogens is 378 g/mol. The number of carbonyl (C=O) groups excluding carboxylic acids is 2. The molecule has 154 valence electrons. The van der Waals surface area contributed by atoms with Crippen LogP contribution in [0.4, 0.5) is 17.8 Å². The van der Waals surface area contributed by atoms with Crippen LogP contribution in [0.5, 0.6) is 0 Å². The average molecular weight is 401 g/mol. The van der Waals surface area contributed by atoms with Crippen molar-refractivity contribution in [3.8, 4) is 0 Å². The molecule has 5 rings (SSSR count). The van der Waals surface area contributed by atoms with Gasteiger partial charge in [0, 0.05) is 45.3 Å². The lowest BCUT2D eigenvalue weighted by molar-refractivity contribution is -0.117. The number of allylic oxidation sites excluding steroid dienone is 1. The highest BCUT2D eigenvalue weighted by Gasteiger charge is 2.43. The van der Waals surface area contributed by atoms with Crippen molar-refractivity contribution in [3.63, 3.8) is 0 Å². The number of aliphatic hydroxyl groups is 1. The summed E-state index contributed by atoms with van der Waals surface area (Å²) in [5.74, 6) is 0.249. The molecule has 12 nitrogen and oxygen atoms in total. The summed E-state index contributed by atoms with van der Waals surface area (Å²) in [5, 5.41) is 11.4. The van der Waals surface area contributed by atoms with Crippen molar-refractivity contribution in [2.24, 2.45) is 0 Å². The zero-order chi connectivity index (χ0) is 20.7. The minimum absolute atomic E-state index is 0.00546. The van der Waals surface area contributed by atoms with Gasteiger partial charge in [0.05, 0.1) is 5.70 Å². The van der Waals surface area contributed by atoms with Crippen LogP contribution in [0.25, 0.3) is 0 Å². The number of nitrogen functional groups attached to an aromatic ring is 2. The van der Waals surface area contributed by atoms with Gasteiger partial charge >= 0.3 is 0 Å². The molecule has 1 aromatic heterocycles. The van der Waals surface area contributed by atoms with E-state index in [2.05, 4.69) is 20.3 Å². The van der Waals surface area contributed by atoms with E-state index in [4.69, 9.17) is 16.6 Å². The molecule has 0 amide bonds. The van der Waals surface area contributed by atoms with E-state index in [-0.39, 0.29) is 29.4 Å². The van der Waals surface area contributed by atoms with Crippen LogP contribution in [0.3, 0.4) is 0 Å². The van der Waals surface area contributed by atoms with Gasteiger partial charge < -0.3 is 36.6 Å². The maximum Gasteiger partial charge on any atom is 0.231 e. The first-order valence-corrected chi connectivity index (χ1v) is 9.35. The van der Waals surface area contributed by atoms with Gasteiger partial charge in [0.2, 0.25) is 29.4 Å². The predicted octanol–water partition coefficient (Wildman–Crippen LogP) is -2.03. The van der Waals surface area contributed by atoms with Crippen LogP contribution >= 0.6 is 0 Å². The summed E-state index contributed by atoms with van der Waals surface area (Å²) < 4.78 is 0. The van der Waals surface area contributed by atoms with Gasteiger partial charge in [-0.1, -0.05) is 0 Å². The van der Waals surface area contributed by atoms with E-state index >= 15 is 0 Å². The molecule has 1 aromatic rings. The van der Waals surface area contributed by atoms with Gasteiger partial charge in [-0.25, -0.2) is 0 Å². The number of nitrogens with one attached hydrogen (secondary N) is 1. The van der Waals surface area contributed by atoms with E-state index in [9.17, 15) is 9.59 Å². The first kappa shape index (κ1) is 18.9. The van der Waals surface area contributed by atoms with E-state index in [1.54, 1.807) is 0 Å². The highest BCUT2D eigenvalue weighted by molar-refractivity contribution is 6.22. The van der Waals surface area contributed by atoms with E-state index in [0.717, 1.165) is 39.3 Å². The second-order valence-corrected chi connectivity index (χ2v) is 7.08. The summed E-state index contributed by atoms with van der Waals surface area (Å²) in [7, 11) is 0. The average Bonchev–Trinajstić information content (AvgIpc) is 3.47. The standard InChI is InChI=1S/C12H13N3O2.C5H10N6O/c16-9-7-8(13-1-2-13)12(17)11(15-5-6-15)10(9)14-3-4-14;1-2(12)8-5-10-3(6)9-4(7)11-5/h7H,1-6H2;2,12H,1H3,(H5,6,7,8,9,10,11). The molecule has 1 atom stereocenters. The topological polar surface area (TPSA) is 166 Å². The van der Waals surface area contributed by atoms with Gasteiger partial charge in [0.15, 0.2) is 0 Å². The molecule has 0 radical (unpaired) electrons. The Balaban J connectivity index is 0.000000152. The molecule has 3 fully saturated rings. The molecule has 4 heterocycles. The minimum atomic E-state index is -0.758. The lowest BCUT2D eigenvalue weighted by Gasteiger charge is -2.21. The number of hydrogen-bond donors (Lipinski definition) is 4. The van der Waals surface area contributed by atoms with Crippen molar-refractivity contribution in [3.05, 3.63) is 23.2 Å². The number of Topliss-reactive ketones (excluding diaryl/α,β-unsaturated/α-hetero) is 1. The van der Waals surface area contributed by atoms with Crippen LogP contribution in [-0.4, -0.2) is 91.8 Å². The lowest BCUT2D eigenvalue weighted by Crippen LogP contribution is -2.29. The molecule has 0 spiro atoms.